The first-order valence-electron chi connectivity index (χ1n) is 5.68. The molecule has 100 valence electrons. The molecule has 0 spiro atoms. The summed E-state index contributed by atoms with van der Waals surface area (Å²) in [6.45, 7) is 1.95. The van der Waals surface area contributed by atoms with Crippen LogP contribution in [0.25, 0.3) is 0 Å². The van der Waals surface area contributed by atoms with Crippen molar-refractivity contribution in [1.82, 2.24) is 0 Å². The molecule has 2 aromatic rings. The van der Waals surface area contributed by atoms with Gasteiger partial charge in [0.25, 0.3) is 10.1 Å². The lowest BCUT2D eigenvalue weighted by atomic mass is 10.2. The van der Waals surface area contributed by atoms with Gasteiger partial charge in [-0.15, -0.1) is 0 Å². The quantitative estimate of drug-likeness (QED) is 0.595. The van der Waals surface area contributed by atoms with Crippen LogP contribution in [0, 0.1) is 10.5 Å². The molecule has 0 saturated carbocycles. The summed E-state index contributed by atoms with van der Waals surface area (Å²) in [6.07, 6.45) is 0. The number of benzene rings is 2. The average Bonchev–Trinajstić information content (AvgIpc) is 2.37. The zero-order chi connectivity index (χ0) is 13.9. The van der Waals surface area contributed by atoms with E-state index in [-0.39, 0.29) is 11.5 Å². The predicted molar refractivity (Wildman–Crippen MR) is 82.3 cm³/mol. The predicted octanol–water partition coefficient (Wildman–Crippen LogP) is 3.51. The van der Waals surface area contributed by atoms with Gasteiger partial charge >= 0.3 is 0 Å². The van der Waals surface area contributed by atoms with Gasteiger partial charge in [-0.2, -0.15) is 8.42 Å². The lowest BCUT2D eigenvalue weighted by Gasteiger charge is -2.06. The molecule has 2 aromatic carbocycles. The summed E-state index contributed by atoms with van der Waals surface area (Å²) in [4.78, 5) is 0.184. The Bertz CT molecular complexity index is 663. The Balaban J connectivity index is 2.12. The Kier molecular flexibility index (Phi) is 4.59. The highest BCUT2D eigenvalue weighted by molar-refractivity contribution is 14.1. The molecule has 0 N–H and O–H groups in total. The molecule has 0 radical (unpaired) electrons. The fourth-order valence-corrected chi connectivity index (χ4v) is 3.05. The molecule has 3 nitrogen and oxygen atoms in total. The second-order valence-electron chi connectivity index (χ2n) is 4.16. The first-order valence-corrected chi connectivity index (χ1v) is 8.17. The minimum Gasteiger partial charge on any atom is -0.262 e. The number of halogens is 1. The van der Waals surface area contributed by atoms with Gasteiger partial charge in [0.1, 0.15) is 0 Å². The largest absolute Gasteiger partial charge is 0.297 e. The van der Waals surface area contributed by atoms with Crippen molar-refractivity contribution in [3.05, 3.63) is 63.2 Å². The van der Waals surface area contributed by atoms with Gasteiger partial charge in [0.2, 0.25) is 0 Å². The maximum Gasteiger partial charge on any atom is 0.297 e. The van der Waals surface area contributed by atoms with E-state index in [4.69, 9.17) is 4.18 Å². The van der Waals surface area contributed by atoms with E-state index < -0.39 is 10.1 Å². The maximum atomic E-state index is 12.0. The highest BCUT2D eigenvalue weighted by atomic mass is 127. The van der Waals surface area contributed by atoms with Crippen LogP contribution < -0.4 is 0 Å². The summed E-state index contributed by atoms with van der Waals surface area (Å²) in [5, 5.41) is 0. The number of hydrogen-bond acceptors (Lipinski definition) is 3. The van der Waals surface area contributed by atoms with E-state index in [9.17, 15) is 8.42 Å². The Morgan fingerprint density at radius 3 is 2.42 bits per heavy atom. The Hall–Kier alpha value is -0.920. The van der Waals surface area contributed by atoms with Crippen LogP contribution in [0.5, 0.6) is 0 Å². The molecule has 0 bridgehead atoms. The summed E-state index contributed by atoms with van der Waals surface area (Å²) in [5.74, 6) is 0. The van der Waals surface area contributed by atoms with E-state index in [1.54, 1.807) is 24.3 Å². The van der Waals surface area contributed by atoms with Gasteiger partial charge in [-0.3, -0.25) is 4.18 Å². The van der Waals surface area contributed by atoms with Crippen LogP contribution >= 0.6 is 22.6 Å². The molecule has 0 aliphatic heterocycles. The molecule has 5 heteroatoms. The Morgan fingerprint density at radius 2 is 1.79 bits per heavy atom. The third kappa shape index (κ3) is 4.02. The van der Waals surface area contributed by atoms with Crippen LogP contribution in [-0.4, -0.2) is 8.42 Å². The molecular formula is C14H13IO3S. The van der Waals surface area contributed by atoms with Crippen molar-refractivity contribution < 1.29 is 12.6 Å². The fraction of sp³-hybridized carbons (Fsp3) is 0.143. The lowest BCUT2D eigenvalue weighted by Crippen LogP contribution is -2.06. The molecule has 0 heterocycles. The zero-order valence-electron chi connectivity index (χ0n) is 10.3. The molecule has 0 aromatic heterocycles. The summed E-state index contributed by atoms with van der Waals surface area (Å²) >= 11 is 2.18. The summed E-state index contributed by atoms with van der Waals surface area (Å²) in [6, 6.07) is 14.2. The molecule has 0 fully saturated rings. The summed E-state index contributed by atoms with van der Waals surface area (Å²) < 4.78 is 30.1. The van der Waals surface area contributed by atoms with Crippen molar-refractivity contribution in [3.63, 3.8) is 0 Å². The lowest BCUT2D eigenvalue weighted by molar-refractivity contribution is 0.308. The van der Waals surface area contributed by atoms with Gasteiger partial charge in [-0.05, 0) is 59.3 Å². The van der Waals surface area contributed by atoms with Crippen molar-refractivity contribution in [1.29, 1.82) is 0 Å². The number of hydrogen-bond donors (Lipinski definition) is 0. The summed E-state index contributed by atoms with van der Waals surface area (Å²) in [7, 11) is -3.69. The number of aryl methyl sites for hydroxylation is 1. The van der Waals surface area contributed by atoms with Crippen molar-refractivity contribution in [2.45, 2.75) is 18.4 Å². The maximum absolute atomic E-state index is 12.0. The SMILES string of the molecule is Cc1ccc(S(=O)(=O)OCc2cccc(I)c2)cc1. The minimum atomic E-state index is -3.69. The summed E-state index contributed by atoms with van der Waals surface area (Å²) in [5.41, 5.74) is 1.85. The molecule has 0 aliphatic carbocycles. The van der Waals surface area contributed by atoms with Gasteiger partial charge in [-0.1, -0.05) is 29.8 Å². The molecule has 0 aliphatic rings. The molecule has 0 atom stereocenters. The Morgan fingerprint density at radius 1 is 1.11 bits per heavy atom. The van der Waals surface area contributed by atoms with Gasteiger partial charge < -0.3 is 0 Å². The topological polar surface area (TPSA) is 43.4 Å². The minimum absolute atomic E-state index is 0.0487. The highest BCUT2D eigenvalue weighted by Crippen LogP contribution is 2.16. The standard InChI is InChI=1S/C14H13IO3S/c1-11-5-7-14(8-6-11)19(16,17)18-10-12-3-2-4-13(15)9-12/h2-9H,10H2,1H3. The molecule has 19 heavy (non-hydrogen) atoms. The second-order valence-corrected chi connectivity index (χ2v) is 7.02. The number of rotatable bonds is 4. The third-order valence-corrected chi connectivity index (χ3v) is 4.53. The van der Waals surface area contributed by atoms with Crippen molar-refractivity contribution in [3.8, 4) is 0 Å². The van der Waals surface area contributed by atoms with E-state index >= 15 is 0 Å². The molecule has 0 unspecified atom stereocenters. The smallest absolute Gasteiger partial charge is 0.262 e. The van der Waals surface area contributed by atoms with Crippen LogP contribution in [0.3, 0.4) is 0 Å². The van der Waals surface area contributed by atoms with E-state index in [0.29, 0.717) is 0 Å². The normalized spacial score (nSPS) is 11.5. The van der Waals surface area contributed by atoms with Crippen LogP contribution in [0.1, 0.15) is 11.1 Å². The molecule has 0 amide bonds. The van der Waals surface area contributed by atoms with Crippen LogP contribution in [0.2, 0.25) is 0 Å². The van der Waals surface area contributed by atoms with E-state index in [2.05, 4.69) is 22.6 Å². The zero-order valence-corrected chi connectivity index (χ0v) is 13.3. The first kappa shape index (κ1) is 14.5. The molecule has 2 rings (SSSR count). The van der Waals surface area contributed by atoms with E-state index in [1.165, 1.54) is 0 Å². The van der Waals surface area contributed by atoms with Crippen molar-refractivity contribution >= 4 is 32.7 Å². The average molecular weight is 388 g/mol. The van der Waals surface area contributed by atoms with Crippen LogP contribution in [-0.2, 0) is 20.9 Å². The van der Waals surface area contributed by atoms with E-state index in [0.717, 1.165) is 14.7 Å². The van der Waals surface area contributed by atoms with Crippen molar-refractivity contribution in [2.75, 3.05) is 0 Å². The fourth-order valence-electron chi connectivity index (χ4n) is 1.55. The first-order chi connectivity index (χ1) is 8.97. The monoisotopic (exact) mass is 388 g/mol. The second kappa shape index (κ2) is 6.02. The molecule has 0 saturated heterocycles. The molecular weight excluding hydrogens is 375 g/mol. The third-order valence-electron chi connectivity index (χ3n) is 2.58. The highest BCUT2D eigenvalue weighted by Gasteiger charge is 2.14. The van der Waals surface area contributed by atoms with Crippen LogP contribution in [0.15, 0.2) is 53.4 Å². The van der Waals surface area contributed by atoms with Gasteiger partial charge in [0, 0.05) is 3.57 Å². The van der Waals surface area contributed by atoms with Gasteiger partial charge in [-0.25, -0.2) is 0 Å². The Labute approximate surface area is 126 Å². The van der Waals surface area contributed by atoms with Crippen molar-refractivity contribution in [2.24, 2.45) is 0 Å². The van der Waals surface area contributed by atoms with E-state index in [1.807, 2.05) is 31.2 Å². The van der Waals surface area contributed by atoms with Crippen LogP contribution in [0.4, 0.5) is 0 Å². The van der Waals surface area contributed by atoms with Gasteiger partial charge in [0.05, 0.1) is 11.5 Å². The van der Waals surface area contributed by atoms with Gasteiger partial charge in [0.15, 0.2) is 0 Å².